The molecular weight excluding hydrogens is 222 g/mol. The second kappa shape index (κ2) is 5.05. The van der Waals surface area contributed by atoms with Crippen molar-refractivity contribution in [1.29, 1.82) is 0 Å². The van der Waals surface area contributed by atoms with E-state index in [9.17, 15) is 9.90 Å². The summed E-state index contributed by atoms with van der Waals surface area (Å²) < 4.78 is 5.10. The largest absolute Gasteiger partial charge is 0.504 e. The lowest BCUT2D eigenvalue weighted by molar-refractivity contribution is -0.138. The summed E-state index contributed by atoms with van der Waals surface area (Å²) in [7, 11) is 1.46. The van der Waals surface area contributed by atoms with Crippen LogP contribution in [0.4, 0.5) is 0 Å². The number of aliphatic carboxylic acids is 1. The number of phenolic OH excluding ortho intramolecular Hbond substituents is 1. The van der Waals surface area contributed by atoms with Crippen molar-refractivity contribution < 1.29 is 19.7 Å². The third-order valence-electron chi connectivity index (χ3n) is 2.80. The molecule has 4 N–H and O–H groups in total. The summed E-state index contributed by atoms with van der Waals surface area (Å²) in [5.74, 6) is -0.758. The highest BCUT2D eigenvalue weighted by Crippen LogP contribution is 2.35. The first-order valence-corrected chi connectivity index (χ1v) is 5.22. The number of hydrogen-bond donors (Lipinski definition) is 3. The van der Waals surface area contributed by atoms with Gasteiger partial charge in [0, 0.05) is 12.0 Å². The van der Waals surface area contributed by atoms with Gasteiger partial charge in [0.15, 0.2) is 11.5 Å². The highest BCUT2D eigenvalue weighted by Gasteiger charge is 2.19. The van der Waals surface area contributed by atoms with Gasteiger partial charge in [-0.3, -0.25) is 4.79 Å². The van der Waals surface area contributed by atoms with E-state index in [1.165, 1.54) is 7.11 Å². The van der Waals surface area contributed by atoms with Crippen LogP contribution >= 0.6 is 0 Å². The van der Waals surface area contributed by atoms with Crippen LogP contribution < -0.4 is 10.5 Å². The van der Waals surface area contributed by atoms with Crippen LogP contribution in [0.15, 0.2) is 6.07 Å². The topological polar surface area (TPSA) is 92.8 Å². The van der Waals surface area contributed by atoms with Crippen LogP contribution in [0.3, 0.4) is 0 Å². The molecule has 0 radical (unpaired) electrons. The standard InChI is InChI=1S/C12H17NO4/c1-6-4-8(5-9(13)12(15)16)10(14)11(17-3)7(6)2/h4,9,14H,5,13H2,1-3H3,(H,15,16). The van der Waals surface area contributed by atoms with Crippen molar-refractivity contribution in [3.05, 3.63) is 22.8 Å². The first-order valence-electron chi connectivity index (χ1n) is 5.22. The number of methoxy groups -OCH3 is 1. The zero-order valence-corrected chi connectivity index (χ0v) is 10.2. The Kier molecular flexibility index (Phi) is 3.96. The van der Waals surface area contributed by atoms with Gasteiger partial charge in [-0.2, -0.15) is 0 Å². The molecule has 5 nitrogen and oxygen atoms in total. The molecule has 0 fully saturated rings. The Labute approximate surface area is 99.8 Å². The highest BCUT2D eigenvalue weighted by atomic mass is 16.5. The Bertz CT molecular complexity index is 443. The van der Waals surface area contributed by atoms with Crippen molar-refractivity contribution in [1.82, 2.24) is 0 Å². The molecule has 0 aromatic heterocycles. The van der Waals surface area contributed by atoms with Crippen molar-refractivity contribution >= 4 is 5.97 Å². The van der Waals surface area contributed by atoms with Gasteiger partial charge in [0.05, 0.1) is 7.11 Å². The predicted octanol–water partition coefficient (Wildman–Crippen LogP) is 0.972. The number of carbonyl (C=O) groups is 1. The molecule has 0 aliphatic rings. The fourth-order valence-electron chi connectivity index (χ4n) is 1.67. The lowest BCUT2D eigenvalue weighted by Gasteiger charge is -2.15. The van der Waals surface area contributed by atoms with E-state index in [0.29, 0.717) is 11.3 Å². The Balaban J connectivity index is 3.17. The molecule has 1 atom stereocenters. The smallest absolute Gasteiger partial charge is 0.320 e. The van der Waals surface area contributed by atoms with Crippen LogP contribution in [0.1, 0.15) is 16.7 Å². The maximum Gasteiger partial charge on any atom is 0.320 e. The van der Waals surface area contributed by atoms with Crippen molar-refractivity contribution in [2.45, 2.75) is 26.3 Å². The van der Waals surface area contributed by atoms with E-state index in [2.05, 4.69) is 0 Å². The maximum atomic E-state index is 10.7. The Morgan fingerprint density at radius 2 is 2.12 bits per heavy atom. The van der Waals surface area contributed by atoms with Crippen LogP contribution in [0.25, 0.3) is 0 Å². The molecule has 1 unspecified atom stereocenters. The van der Waals surface area contributed by atoms with Gasteiger partial charge < -0.3 is 20.7 Å². The van der Waals surface area contributed by atoms with Crippen molar-refractivity contribution in [2.24, 2.45) is 5.73 Å². The summed E-state index contributed by atoms with van der Waals surface area (Å²) >= 11 is 0. The molecule has 0 saturated carbocycles. The Morgan fingerprint density at radius 1 is 1.53 bits per heavy atom. The van der Waals surface area contributed by atoms with Crippen molar-refractivity contribution in [2.75, 3.05) is 7.11 Å². The molecule has 1 rings (SSSR count). The summed E-state index contributed by atoms with van der Waals surface area (Å²) in [6.07, 6.45) is 0.0681. The fourth-order valence-corrected chi connectivity index (χ4v) is 1.67. The summed E-state index contributed by atoms with van der Waals surface area (Å²) in [5.41, 5.74) is 7.69. The molecule has 0 bridgehead atoms. The number of nitrogens with two attached hydrogens (primary N) is 1. The molecule has 0 spiro atoms. The second-order valence-corrected chi connectivity index (χ2v) is 4.01. The van der Waals surface area contributed by atoms with Gasteiger partial charge in [-0.05, 0) is 25.0 Å². The summed E-state index contributed by atoms with van der Waals surface area (Å²) in [5, 5.41) is 18.7. The normalized spacial score (nSPS) is 12.2. The minimum absolute atomic E-state index is 0.0349. The quantitative estimate of drug-likeness (QED) is 0.728. The third-order valence-corrected chi connectivity index (χ3v) is 2.80. The molecule has 0 saturated heterocycles. The van der Waals surface area contributed by atoms with E-state index < -0.39 is 12.0 Å². The molecule has 5 heteroatoms. The first kappa shape index (κ1) is 13.3. The minimum atomic E-state index is -1.10. The number of carboxylic acids is 1. The number of ether oxygens (including phenoxy) is 1. The van der Waals surface area contributed by atoms with Gasteiger partial charge in [0.25, 0.3) is 0 Å². The van der Waals surface area contributed by atoms with E-state index in [1.54, 1.807) is 6.07 Å². The van der Waals surface area contributed by atoms with Gasteiger partial charge >= 0.3 is 5.97 Å². The van der Waals surface area contributed by atoms with Crippen LogP contribution in [-0.4, -0.2) is 29.3 Å². The number of phenols is 1. The monoisotopic (exact) mass is 239 g/mol. The van der Waals surface area contributed by atoms with E-state index >= 15 is 0 Å². The Morgan fingerprint density at radius 3 is 2.59 bits per heavy atom. The van der Waals surface area contributed by atoms with Crippen LogP contribution in [0, 0.1) is 13.8 Å². The number of benzene rings is 1. The van der Waals surface area contributed by atoms with Gasteiger partial charge in [-0.1, -0.05) is 6.07 Å². The molecule has 17 heavy (non-hydrogen) atoms. The summed E-state index contributed by atoms with van der Waals surface area (Å²) in [6, 6.07) is 0.698. The van der Waals surface area contributed by atoms with E-state index in [0.717, 1.165) is 11.1 Å². The number of hydrogen-bond acceptors (Lipinski definition) is 4. The van der Waals surface area contributed by atoms with E-state index in [-0.39, 0.29) is 12.2 Å². The van der Waals surface area contributed by atoms with Crippen LogP contribution in [-0.2, 0) is 11.2 Å². The zero-order valence-electron chi connectivity index (χ0n) is 10.2. The van der Waals surface area contributed by atoms with Crippen LogP contribution in [0.2, 0.25) is 0 Å². The average molecular weight is 239 g/mol. The van der Waals surface area contributed by atoms with Gasteiger partial charge in [0.1, 0.15) is 6.04 Å². The predicted molar refractivity (Wildman–Crippen MR) is 63.4 cm³/mol. The molecule has 0 amide bonds. The molecule has 0 heterocycles. The zero-order chi connectivity index (χ0) is 13.2. The van der Waals surface area contributed by atoms with Crippen molar-refractivity contribution in [3.8, 4) is 11.5 Å². The highest BCUT2D eigenvalue weighted by molar-refractivity contribution is 5.74. The number of aromatic hydroxyl groups is 1. The summed E-state index contributed by atoms with van der Waals surface area (Å²) in [4.78, 5) is 10.7. The molecule has 94 valence electrons. The van der Waals surface area contributed by atoms with E-state index in [1.807, 2.05) is 13.8 Å². The maximum absolute atomic E-state index is 10.7. The lowest BCUT2D eigenvalue weighted by atomic mass is 9.99. The molecule has 0 aliphatic carbocycles. The number of carboxylic acid groups (broad SMARTS) is 1. The molecule has 0 aliphatic heterocycles. The van der Waals surface area contributed by atoms with Crippen molar-refractivity contribution in [3.63, 3.8) is 0 Å². The summed E-state index contributed by atoms with van der Waals surface area (Å²) in [6.45, 7) is 3.70. The lowest BCUT2D eigenvalue weighted by Crippen LogP contribution is -2.32. The SMILES string of the molecule is COc1c(C)c(C)cc(CC(N)C(=O)O)c1O. The fraction of sp³-hybridized carbons (Fsp3) is 0.417. The molecular formula is C12H17NO4. The number of aryl methyl sites for hydroxylation is 1. The molecule has 1 aromatic rings. The third kappa shape index (κ3) is 2.68. The van der Waals surface area contributed by atoms with Crippen LogP contribution in [0.5, 0.6) is 11.5 Å². The Hall–Kier alpha value is -1.75. The average Bonchev–Trinajstić information content (AvgIpc) is 2.26. The second-order valence-electron chi connectivity index (χ2n) is 4.01. The van der Waals surface area contributed by atoms with Gasteiger partial charge in [-0.25, -0.2) is 0 Å². The number of rotatable bonds is 4. The minimum Gasteiger partial charge on any atom is -0.504 e. The van der Waals surface area contributed by atoms with Gasteiger partial charge in [-0.15, -0.1) is 0 Å². The molecule has 1 aromatic carbocycles. The first-order chi connectivity index (χ1) is 7.88. The van der Waals surface area contributed by atoms with Gasteiger partial charge in [0.2, 0.25) is 0 Å². The van der Waals surface area contributed by atoms with E-state index in [4.69, 9.17) is 15.6 Å².